The van der Waals surface area contributed by atoms with Crippen LogP contribution >= 0.6 is 0 Å². The van der Waals surface area contributed by atoms with Gasteiger partial charge in [0.1, 0.15) is 5.75 Å². The van der Waals surface area contributed by atoms with Gasteiger partial charge in [0.15, 0.2) is 6.61 Å². The molecule has 0 bridgehead atoms. The van der Waals surface area contributed by atoms with E-state index in [4.69, 9.17) is 9.47 Å². The summed E-state index contributed by atoms with van der Waals surface area (Å²) < 4.78 is 10.7. The Kier molecular flexibility index (Phi) is 4.24. The Morgan fingerprint density at radius 1 is 1.39 bits per heavy atom. The minimum absolute atomic E-state index is 0.00187. The van der Waals surface area contributed by atoms with Gasteiger partial charge in [-0.15, -0.1) is 0 Å². The SMILES string of the molecule is CCc1ccccc1OCC(=O)OCC1CC1C. The van der Waals surface area contributed by atoms with Crippen molar-refractivity contribution in [1.82, 2.24) is 0 Å². The smallest absolute Gasteiger partial charge is 0.344 e. The minimum atomic E-state index is -0.278. The summed E-state index contributed by atoms with van der Waals surface area (Å²) in [5.74, 6) is 1.77. The molecule has 1 aliphatic carbocycles. The van der Waals surface area contributed by atoms with E-state index >= 15 is 0 Å². The predicted molar refractivity (Wildman–Crippen MR) is 69.5 cm³/mol. The fourth-order valence-corrected chi connectivity index (χ4v) is 1.95. The number of esters is 1. The number of para-hydroxylation sites is 1. The lowest BCUT2D eigenvalue weighted by Gasteiger charge is -2.09. The highest BCUT2D eigenvalue weighted by atomic mass is 16.6. The summed E-state index contributed by atoms with van der Waals surface area (Å²) in [5, 5.41) is 0. The normalized spacial score (nSPS) is 21.4. The van der Waals surface area contributed by atoms with Crippen molar-refractivity contribution in [2.75, 3.05) is 13.2 Å². The standard InChI is InChI=1S/C15H20O3/c1-3-12-6-4-5-7-14(12)17-10-15(16)18-9-13-8-11(13)2/h4-7,11,13H,3,8-10H2,1-2H3. The molecule has 2 unspecified atom stereocenters. The molecule has 3 nitrogen and oxygen atoms in total. The van der Waals surface area contributed by atoms with Gasteiger partial charge in [0.05, 0.1) is 6.61 Å². The molecule has 1 fully saturated rings. The topological polar surface area (TPSA) is 35.5 Å². The summed E-state index contributed by atoms with van der Waals surface area (Å²) in [7, 11) is 0. The van der Waals surface area contributed by atoms with Crippen molar-refractivity contribution in [3.8, 4) is 5.75 Å². The van der Waals surface area contributed by atoms with Crippen LogP contribution < -0.4 is 4.74 Å². The van der Waals surface area contributed by atoms with Crippen molar-refractivity contribution in [3.05, 3.63) is 29.8 Å². The fraction of sp³-hybridized carbons (Fsp3) is 0.533. The van der Waals surface area contributed by atoms with E-state index in [-0.39, 0.29) is 12.6 Å². The van der Waals surface area contributed by atoms with E-state index < -0.39 is 0 Å². The molecular weight excluding hydrogens is 228 g/mol. The maximum atomic E-state index is 11.5. The Morgan fingerprint density at radius 3 is 2.78 bits per heavy atom. The van der Waals surface area contributed by atoms with E-state index in [2.05, 4.69) is 13.8 Å². The second-order valence-electron chi connectivity index (χ2n) is 4.91. The van der Waals surface area contributed by atoms with Crippen LogP contribution in [0, 0.1) is 11.8 Å². The Morgan fingerprint density at radius 2 is 2.11 bits per heavy atom. The zero-order valence-electron chi connectivity index (χ0n) is 11.0. The van der Waals surface area contributed by atoms with E-state index in [0.29, 0.717) is 18.4 Å². The molecule has 98 valence electrons. The van der Waals surface area contributed by atoms with Crippen LogP contribution in [0.3, 0.4) is 0 Å². The first kappa shape index (κ1) is 12.9. The summed E-state index contributed by atoms with van der Waals surface area (Å²) in [5.41, 5.74) is 1.11. The number of carbonyl (C=O) groups excluding carboxylic acids is 1. The number of hydrogen-bond acceptors (Lipinski definition) is 3. The van der Waals surface area contributed by atoms with Crippen LogP contribution in [0.1, 0.15) is 25.8 Å². The molecule has 1 aromatic carbocycles. The average Bonchev–Trinajstić information content (AvgIpc) is 3.10. The van der Waals surface area contributed by atoms with Crippen molar-refractivity contribution < 1.29 is 14.3 Å². The Bertz CT molecular complexity index is 414. The lowest BCUT2D eigenvalue weighted by molar-refractivity contribution is -0.146. The molecule has 0 radical (unpaired) electrons. The molecule has 18 heavy (non-hydrogen) atoms. The van der Waals surface area contributed by atoms with Gasteiger partial charge in [-0.3, -0.25) is 0 Å². The van der Waals surface area contributed by atoms with Gasteiger partial charge < -0.3 is 9.47 Å². The quantitative estimate of drug-likeness (QED) is 0.726. The molecule has 1 saturated carbocycles. The molecule has 0 amide bonds. The molecule has 0 N–H and O–H groups in total. The molecule has 0 heterocycles. The Balaban J connectivity index is 1.74. The first-order chi connectivity index (χ1) is 8.70. The molecule has 2 atom stereocenters. The third-order valence-electron chi connectivity index (χ3n) is 3.43. The molecule has 0 spiro atoms. The molecule has 0 aromatic heterocycles. The van der Waals surface area contributed by atoms with E-state index in [1.54, 1.807) is 0 Å². The van der Waals surface area contributed by atoms with Crippen LogP contribution in [-0.4, -0.2) is 19.2 Å². The van der Waals surface area contributed by atoms with Crippen molar-refractivity contribution in [1.29, 1.82) is 0 Å². The lowest BCUT2D eigenvalue weighted by Crippen LogP contribution is -2.16. The summed E-state index contributed by atoms with van der Waals surface area (Å²) >= 11 is 0. The lowest BCUT2D eigenvalue weighted by atomic mass is 10.1. The highest BCUT2D eigenvalue weighted by Gasteiger charge is 2.33. The van der Waals surface area contributed by atoms with Gasteiger partial charge in [0.2, 0.25) is 0 Å². The highest BCUT2D eigenvalue weighted by molar-refractivity contribution is 5.71. The van der Waals surface area contributed by atoms with Crippen LogP contribution in [0.4, 0.5) is 0 Å². The zero-order chi connectivity index (χ0) is 13.0. The number of hydrogen-bond donors (Lipinski definition) is 0. The van der Waals surface area contributed by atoms with Gasteiger partial charge in [0.25, 0.3) is 0 Å². The van der Waals surface area contributed by atoms with Crippen molar-refractivity contribution in [3.63, 3.8) is 0 Å². The number of rotatable bonds is 6. The second kappa shape index (κ2) is 5.89. The Hall–Kier alpha value is -1.51. The number of benzene rings is 1. The summed E-state index contributed by atoms with van der Waals surface area (Å²) in [6.45, 7) is 4.78. The molecule has 1 aromatic rings. The van der Waals surface area contributed by atoms with E-state index in [1.165, 1.54) is 6.42 Å². The molecule has 0 saturated heterocycles. The van der Waals surface area contributed by atoms with Crippen molar-refractivity contribution >= 4 is 5.97 Å². The maximum Gasteiger partial charge on any atom is 0.344 e. The van der Waals surface area contributed by atoms with E-state index in [1.807, 2.05) is 24.3 Å². The largest absolute Gasteiger partial charge is 0.482 e. The monoisotopic (exact) mass is 248 g/mol. The summed E-state index contributed by atoms with van der Waals surface area (Å²) in [4.78, 5) is 11.5. The number of carbonyl (C=O) groups is 1. The van der Waals surface area contributed by atoms with Crippen LogP contribution in [0.25, 0.3) is 0 Å². The Labute approximate surface area is 108 Å². The van der Waals surface area contributed by atoms with Gasteiger partial charge in [-0.25, -0.2) is 4.79 Å². The van der Waals surface area contributed by atoms with Gasteiger partial charge in [-0.05, 0) is 36.3 Å². The predicted octanol–water partition coefficient (Wildman–Crippen LogP) is 2.83. The van der Waals surface area contributed by atoms with Gasteiger partial charge in [-0.1, -0.05) is 32.0 Å². The van der Waals surface area contributed by atoms with Crippen LogP contribution in [-0.2, 0) is 16.0 Å². The fourth-order valence-electron chi connectivity index (χ4n) is 1.95. The molecular formula is C15H20O3. The zero-order valence-corrected chi connectivity index (χ0v) is 11.0. The van der Waals surface area contributed by atoms with E-state index in [0.717, 1.165) is 17.7 Å². The first-order valence-electron chi connectivity index (χ1n) is 6.57. The number of ether oxygens (including phenoxy) is 2. The average molecular weight is 248 g/mol. The molecule has 2 rings (SSSR count). The highest BCUT2D eigenvalue weighted by Crippen LogP contribution is 2.37. The van der Waals surface area contributed by atoms with Crippen LogP contribution in [0.2, 0.25) is 0 Å². The third kappa shape index (κ3) is 3.49. The summed E-state index contributed by atoms with van der Waals surface area (Å²) in [6, 6.07) is 7.77. The molecule has 3 heteroatoms. The first-order valence-corrected chi connectivity index (χ1v) is 6.57. The van der Waals surface area contributed by atoms with Crippen LogP contribution in [0.15, 0.2) is 24.3 Å². The van der Waals surface area contributed by atoms with E-state index in [9.17, 15) is 4.79 Å². The number of aryl methyl sites for hydroxylation is 1. The van der Waals surface area contributed by atoms with Crippen molar-refractivity contribution in [2.45, 2.75) is 26.7 Å². The van der Waals surface area contributed by atoms with Crippen molar-refractivity contribution in [2.24, 2.45) is 11.8 Å². The molecule has 1 aliphatic rings. The minimum Gasteiger partial charge on any atom is -0.482 e. The maximum absolute atomic E-state index is 11.5. The molecule has 0 aliphatic heterocycles. The van der Waals surface area contributed by atoms with Gasteiger partial charge in [-0.2, -0.15) is 0 Å². The van der Waals surface area contributed by atoms with Crippen LogP contribution in [0.5, 0.6) is 5.75 Å². The second-order valence-corrected chi connectivity index (χ2v) is 4.91. The van der Waals surface area contributed by atoms with Gasteiger partial charge in [0, 0.05) is 0 Å². The summed E-state index contributed by atoms with van der Waals surface area (Å²) in [6.07, 6.45) is 2.07. The van der Waals surface area contributed by atoms with Gasteiger partial charge >= 0.3 is 5.97 Å². The third-order valence-corrected chi connectivity index (χ3v) is 3.43.